The van der Waals surface area contributed by atoms with Crippen LogP contribution in [0, 0.1) is 35.5 Å². The third kappa shape index (κ3) is 0.636. The van der Waals surface area contributed by atoms with Gasteiger partial charge in [0.25, 0.3) is 0 Å². The highest BCUT2D eigenvalue weighted by molar-refractivity contribution is 9.10. The fourth-order valence-electron chi connectivity index (χ4n) is 7.71. The van der Waals surface area contributed by atoms with Crippen LogP contribution in [0.4, 0.5) is 0 Å². The van der Waals surface area contributed by atoms with E-state index in [1.807, 2.05) is 0 Å². The van der Waals surface area contributed by atoms with E-state index < -0.39 is 11.6 Å². The zero-order valence-corrected chi connectivity index (χ0v) is 13.9. The monoisotopic (exact) mass is 404 g/mol. The normalized spacial score (nSPS) is 71.1. The van der Waals surface area contributed by atoms with Crippen molar-refractivity contribution in [3.8, 4) is 0 Å². The van der Waals surface area contributed by atoms with Gasteiger partial charge in [0.15, 0.2) is 11.6 Å². The summed E-state index contributed by atoms with van der Waals surface area (Å²) in [5.74, 6) is 2.47. The van der Waals surface area contributed by atoms with Gasteiger partial charge in [0.1, 0.15) is 0 Å². The van der Waals surface area contributed by atoms with Gasteiger partial charge in [0.05, 0.1) is 35.1 Å². The van der Waals surface area contributed by atoms with E-state index in [0.717, 1.165) is 26.4 Å². The summed E-state index contributed by atoms with van der Waals surface area (Å²) in [4.78, 5) is 0. The van der Waals surface area contributed by atoms with Gasteiger partial charge >= 0.3 is 0 Å². The molecule has 2 aliphatic heterocycles. The molecule has 0 unspecified atom stereocenters. The van der Waals surface area contributed by atoms with Gasteiger partial charge < -0.3 is 18.9 Å². The van der Waals surface area contributed by atoms with E-state index in [2.05, 4.69) is 31.9 Å². The van der Waals surface area contributed by atoms with Gasteiger partial charge in [-0.25, -0.2) is 0 Å². The predicted octanol–water partition coefficient (Wildman–Crippen LogP) is 1.51. The number of hydrogen-bond donors (Lipinski definition) is 0. The minimum absolute atomic E-state index is 0.0112. The molecule has 8 rings (SSSR count). The van der Waals surface area contributed by atoms with Crippen LogP contribution in [0.5, 0.6) is 0 Å². The van der Waals surface area contributed by atoms with Crippen molar-refractivity contribution in [3.63, 3.8) is 0 Å². The molecule has 2 heterocycles. The highest BCUT2D eigenvalue weighted by atomic mass is 79.9. The van der Waals surface area contributed by atoms with Crippen molar-refractivity contribution in [2.24, 2.45) is 35.5 Å². The third-order valence-electron chi connectivity index (χ3n) is 7.64. The van der Waals surface area contributed by atoms with Crippen molar-refractivity contribution in [3.05, 3.63) is 0 Å². The number of rotatable bonds is 0. The number of alkyl halides is 2. The highest BCUT2D eigenvalue weighted by Gasteiger charge is 3.08. The van der Waals surface area contributed by atoms with E-state index in [1.54, 1.807) is 0 Å². The summed E-state index contributed by atoms with van der Waals surface area (Å²) < 4.78 is 25.0. The number of hydrogen-bond acceptors (Lipinski definition) is 4. The second kappa shape index (κ2) is 2.71. The SMILES string of the molecule is Br[C@]12[C@H]3[C@H]4[C@H]1[C@H]1[C@@H]([C@H]3[C@]4(Br)C13OCCO3)C21OCCO1. The van der Waals surface area contributed by atoms with E-state index in [9.17, 15) is 0 Å². The first-order valence-electron chi connectivity index (χ1n) is 7.58. The quantitative estimate of drug-likeness (QED) is 0.572. The molecule has 8 fully saturated rings. The number of halogens is 2. The minimum atomic E-state index is -0.414. The van der Waals surface area contributed by atoms with Crippen LogP contribution in [-0.2, 0) is 18.9 Å². The van der Waals surface area contributed by atoms with Crippen LogP contribution in [0.15, 0.2) is 0 Å². The summed E-state index contributed by atoms with van der Waals surface area (Å²) in [7, 11) is 0. The second-order valence-electron chi connectivity index (χ2n) is 7.42. The summed E-state index contributed by atoms with van der Waals surface area (Å²) in [6, 6.07) is 0. The lowest BCUT2D eigenvalue weighted by molar-refractivity contribution is -0.229. The van der Waals surface area contributed by atoms with E-state index in [0.29, 0.717) is 35.5 Å². The largest absolute Gasteiger partial charge is 0.346 e. The van der Waals surface area contributed by atoms with Crippen LogP contribution in [0.3, 0.4) is 0 Å². The Hall–Kier alpha value is 0.800. The van der Waals surface area contributed by atoms with Crippen molar-refractivity contribution < 1.29 is 18.9 Å². The summed E-state index contributed by atoms with van der Waals surface area (Å²) in [6.45, 7) is 2.88. The van der Waals surface area contributed by atoms with Crippen molar-refractivity contribution in [1.29, 1.82) is 0 Å². The summed E-state index contributed by atoms with van der Waals surface area (Å²) >= 11 is 8.19. The Balaban J connectivity index is 1.53. The van der Waals surface area contributed by atoms with Crippen LogP contribution in [0.25, 0.3) is 0 Å². The Morgan fingerprint density at radius 1 is 0.550 bits per heavy atom. The molecule has 2 spiro atoms. The molecule has 8 aliphatic rings. The van der Waals surface area contributed by atoms with Gasteiger partial charge in [-0.3, -0.25) is 0 Å². The molecule has 0 N–H and O–H groups in total. The molecule has 6 heteroatoms. The van der Waals surface area contributed by atoms with Gasteiger partial charge in [0, 0.05) is 11.8 Å². The van der Waals surface area contributed by atoms with Gasteiger partial charge in [0.2, 0.25) is 0 Å². The van der Waals surface area contributed by atoms with Crippen molar-refractivity contribution in [1.82, 2.24) is 0 Å². The molecule has 0 aromatic carbocycles. The first-order valence-corrected chi connectivity index (χ1v) is 9.17. The Labute approximate surface area is 133 Å². The smallest absolute Gasteiger partial charge is 0.188 e. The lowest BCUT2D eigenvalue weighted by atomic mass is 9.40. The maximum Gasteiger partial charge on any atom is 0.188 e. The standard InChI is InChI=1S/C14H14Br2O4/c15-11-5-6-8(11)10-9(13(11)17-1-2-18-13)7(5)12(6,16)14(10)19-3-4-20-14/h5-10H,1-4H2/t5-,6-,7-,8-,9-,10+,11-,12+/m0/s1. The van der Waals surface area contributed by atoms with Crippen molar-refractivity contribution >= 4 is 31.9 Å². The molecule has 108 valence electrons. The lowest BCUT2D eigenvalue weighted by Crippen LogP contribution is -2.76. The van der Waals surface area contributed by atoms with E-state index >= 15 is 0 Å². The summed E-state index contributed by atoms with van der Waals surface area (Å²) in [5.41, 5.74) is 0. The lowest BCUT2D eigenvalue weighted by Gasteiger charge is -2.70. The maximum atomic E-state index is 6.23. The van der Waals surface area contributed by atoms with Crippen LogP contribution >= 0.6 is 31.9 Å². The molecule has 20 heavy (non-hydrogen) atoms. The Morgan fingerprint density at radius 2 is 0.850 bits per heavy atom. The zero-order chi connectivity index (χ0) is 13.1. The average molecular weight is 406 g/mol. The van der Waals surface area contributed by atoms with Crippen molar-refractivity contribution in [2.75, 3.05) is 26.4 Å². The van der Waals surface area contributed by atoms with Crippen molar-refractivity contribution in [2.45, 2.75) is 20.2 Å². The molecule has 6 saturated carbocycles. The van der Waals surface area contributed by atoms with Gasteiger partial charge in [-0.15, -0.1) is 0 Å². The van der Waals surface area contributed by atoms with E-state index in [1.165, 1.54) is 0 Å². The van der Waals surface area contributed by atoms with Gasteiger partial charge in [-0.1, -0.05) is 31.9 Å². The number of ether oxygens (including phenoxy) is 4. The minimum Gasteiger partial charge on any atom is -0.346 e. The Kier molecular flexibility index (Phi) is 1.54. The second-order valence-corrected chi connectivity index (χ2v) is 10.0. The summed E-state index contributed by atoms with van der Waals surface area (Å²) in [5, 5.41) is 0. The summed E-state index contributed by atoms with van der Waals surface area (Å²) in [6.07, 6.45) is 0. The molecule has 2 saturated heterocycles. The Bertz CT molecular complexity index is 522. The fourth-order valence-corrected chi connectivity index (χ4v) is 11.0. The van der Waals surface area contributed by atoms with E-state index in [-0.39, 0.29) is 8.65 Å². The topological polar surface area (TPSA) is 36.9 Å². The fraction of sp³-hybridized carbons (Fsp3) is 1.00. The molecule has 4 nitrogen and oxygen atoms in total. The molecular weight excluding hydrogens is 392 g/mol. The van der Waals surface area contributed by atoms with Crippen LogP contribution in [-0.4, -0.2) is 46.7 Å². The maximum absolute atomic E-state index is 6.23. The molecule has 6 aliphatic carbocycles. The molecule has 4 bridgehead atoms. The molecule has 0 radical (unpaired) electrons. The van der Waals surface area contributed by atoms with Gasteiger partial charge in [-0.05, 0) is 23.7 Å². The molecule has 0 amide bonds. The molecule has 8 atom stereocenters. The zero-order valence-electron chi connectivity index (χ0n) is 10.7. The van der Waals surface area contributed by atoms with Crippen LogP contribution in [0.1, 0.15) is 0 Å². The Morgan fingerprint density at radius 3 is 1.20 bits per heavy atom. The average Bonchev–Trinajstić information content (AvgIpc) is 3.19. The predicted molar refractivity (Wildman–Crippen MR) is 73.5 cm³/mol. The molecule has 0 aromatic rings. The van der Waals surface area contributed by atoms with Crippen LogP contribution < -0.4 is 0 Å². The van der Waals surface area contributed by atoms with Gasteiger partial charge in [-0.2, -0.15) is 0 Å². The van der Waals surface area contributed by atoms with E-state index in [4.69, 9.17) is 18.9 Å². The highest BCUT2D eigenvalue weighted by Crippen LogP contribution is 2.99. The molecule has 0 aromatic heterocycles. The third-order valence-corrected chi connectivity index (χ3v) is 10.9. The first kappa shape index (κ1) is 11.4. The first-order chi connectivity index (χ1) is 9.65. The molecular formula is C14H14Br2O4. The van der Waals surface area contributed by atoms with Crippen LogP contribution in [0.2, 0.25) is 0 Å².